The SMILES string of the molecule is C=CC(=O)O[Br+2]([O-])[O-]. The van der Waals surface area contributed by atoms with E-state index in [1.165, 1.54) is 0 Å². The molecule has 0 atom stereocenters. The van der Waals surface area contributed by atoms with Crippen molar-refractivity contribution in [3.05, 3.63) is 12.7 Å². The topological polar surface area (TPSA) is 72.4 Å². The molecule has 0 spiro atoms. The lowest BCUT2D eigenvalue weighted by Gasteiger charge is -1.84. The predicted octanol–water partition coefficient (Wildman–Crippen LogP) is -2.20. The van der Waals surface area contributed by atoms with Gasteiger partial charge in [-0.15, -0.1) is 0 Å². The monoisotopic (exact) mass is 182 g/mol. The van der Waals surface area contributed by atoms with E-state index in [1.807, 2.05) is 0 Å². The summed E-state index contributed by atoms with van der Waals surface area (Å²) >= 11 is -3.39. The zero-order chi connectivity index (χ0) is 6.57. The number of carbonyl (C=O) groups is 1. The third-order valence-corrected chi connectivity index (χ3v) is 0.889. The van der Waals surface area contributed by atoms with Crippen molar-refractivity contribution in [1.82, 2.24) is 0 Å². The molecule has 0 saturated carbocycles. The van der Waals surface area contributed by atoms with Crippen molar-refractivity contribution in [3.63, 3.8) is 0 Å². The van der Waals surface area contributed by atoms with Crippen molar-refractivity contribution in [2.45, 2.75) is 0 Å². The molecule has 0 radical (unpaired) electrons. The number of carbonyl (C=O) groups excluding carboxylic acids is 1. The van der Waals surface area contributed by atoms with Crippen LogP contribution in [0.1, 0.15) is 0 Å². The first kappa shape index (κ1) is 7.61. The summed E-state index contributed by atoms with van der Waals surface area (Å²) in [5.74, 6) is -0.940. The minimum Gasteiger partial charge on any atom is -0.361 e. The Morgan fingerprint density at radius 2 is 2.25 bits per heavy atom. The van der Waals surface area contributed by atoms with Crippen LogP contribution in [0.2, 0.25) is 0 Å². The number of hydrogen-bond acceptors (Lipinski definition) is 4. The second-order valence-electron chi connectivity index (χ2n) is 0.789. The Morgan fingerprint density at radius 1 is 1.75 bits per heavy atom. The number of rotatable bonds is 2. The lowest BCUT2D eigenvalue weighted by molar-refractivity contribution is -1.62. The molecule has 0 aliphatic rings. The van der Waals surface area contributed by atoms with Gasteiger partial charge in [-0.3, -0.25) is 0 Å². The van der Waals surface area contributed by atoms with Crippen molar-refractivity contribution in [2.75, 3.05) is 0 Å². The summed E-state index contributed by atoms with van der Waals surface area (Å²) in [4.78, 5) is 9.91. The van der Waals surface area contributed by atoms with Crippen LogP contribution in [0, 0.1) is 14.8 Å². The van der Waals surface area contributed by atoms with Crippen LogP contribution in [0.3, 0.4) is 0 Å². The highest BCUT2D eigenvalue weighted by Crippen LogP contribution is 1.79. The van der Waals surface area contributed by atoms with Crippen LogP contribution >= 0.6 is 0 Å². The standard InChI is InChI=1S/C3H3BrO4/c1-2-3(5)8-4(6)7/h2H,1H2. The molecule has 4 nitrogen and oxygen atoms in total. The molecule has 0 N–H and O–H groups in total. The number of hydrogen-bond donors (Lipinski definition) is 0. The van der Waals surface area contributed by atoms with Gasteiger partial charge in [0.05, 0.1) is 0 Å². The second-order valence-corrected chi connectivity index (χ2v) is 1.91. The third-order valence-electron chi connectivity index (χ3n) is 0.306. The highest BCUT2D eigenvalue weighted by Gasteiger charge is 2.14. The molecule has 5 heteroatoms. The van der Waals surface area contributed by atoms with Crippen molar-refractivity contribution >= 4 is 5.97 Å². The van der Waals surface area contributed by atoms with Crippen LogP contribution in [0.5, 0.6) is 0 Å². The Bertz CT molecular complexity index is 99.5. The Labute approximate surface area is 51.2 Å². The molecule has 0 bridgehead atoms. The Morgan fingerprint density at radius 3 is 2.38 bits per heavy atom. The predicted molar refractivity (Wildman–Crippen MR) is 16.3 cm³/mol. The van der Waals surface area contributed by atoms with Crippen LogP contribution < -0.4 is 8.40 Å². The van der Waals surface area contributed by atoms with Gasteiger partial charge in [-0.2, -0.15) is 0 Å². The van der Waals surface area contributed by atoms with Gasteiger partial charge in [0.2, 0.25) is 0 Å². The largest absolute Gasteiger partial charge is 0.506 e. The highest BCUT2D eigenvalue weighted by atomic mass is 80.0. The van der Waals surface area contributed by atoms with Crippen LogP contribution in [-0.4, -0.2) is 5.97 Å². The molecule has 0 amide bonds. The van der Waals surface area contributed by atoms with Gasteiger partial charge < -0.3 is 8.40 Å². The maximum Gasteiger partial charge on any atom is 0.506 e. The first-order chi connectivity index (χ1) is 3.66. The van der Waals surface area contributed by atoms with Crippen molar-refractivity contribution in [2.24, 2.45) is 0 Å². The van der Waals surface area contributed by atoms with E-state index in [9.17, 15) is 13.2 Å². The lowest BCUT2D eigenvalue weighted by atomic mass is 10.7. The lowest BCUT2D eigenvalue weighted by Crippen LogP contribution is -2.35. The van der Waals surface area contributed by atoms with Gasteiger partial charge in [0.25, 0.3) is 0 Å². The summed E-state index contributed by atoms with van der Waals surface area (Å²) in [5.41, 5.74) is 0. The van der Waals surface area contributed by atoms with Crippen LogP contribution in [0.25, 0.3) is 0 Å². The zero-order valence-corrected chi connectivity index (χ0v) is 5.38. The second kappa shape index (κ2) is 3.59. The molecule has 0 aromatic rings. The quantitative estimate of drug-likeness (QED) is 0.455. The van der Waals surface area contributed by atoms with E-state index in [0.717, 1.165) is 6.08 Å². The van der Waals surface area contributed by atoms with Gasteiger partial charge in [-0.1, -0.05) is 10.4 Å². The average Bonchev–Trinajstić information content (AvgIpc) is 1.65. The Kier molecular flexibility index (Phi) is 3.42. The molecule has 0 saturated heterocycles. The van der Waals surface area contributed by atoms with Gasteiger partial charge in [-0.05, 0) is 0 Å². The van der Waals surface area contributed by atoms with Crippen LogP contribution in [-0.2, 0) is 8.62 Å². The smallest absolute Gasteiger partial charge is 0.361 e. The van der Waals surface area contributed by atoms with E-state index in [0.29, 0.717) is 0 Å². The molecule has 8 heavy (non-hydrogen) atoms. The fraction of sp³-hybridized carbons (Fsp3) is 0. The summed E-state index contributed by atoms with van der Waals surface area (Å²) < 4.78 is 22.7. The maximum absolute atomic E-state index is 9.91. The molecule has 0 aliphatic heterocycles. The first-order valence-electron chi connectivity index (χ1n) is 1.57. The molecular formula is C3H3BrO4. The summed E-state index contributed by atoms with van der Waals surface area (Å²) in [6, 6.07) is 0. The summed E-state index contributed by atoms with van der Waals surface area (Å²) in [5, 5.41) is 0. The molecule has 0 aromatic heterocycles. The summed E-state index contributed by atoms with van der Waals surface area (Å²) in [7, 11) is 0. The molecule has 0 aromatic carbocycles. The maximum atomic E-state index is 9.91. The zero-order valence-electron chi connectivity index (χ0n) is 3.80. The van der Waals surface area contributed by atoms with Gasteiger partial charge >= 0.3 is 20.8 Å². The Balaban J connectivity index is 3.39. The van der Waals surface area contributed by atoms with Gasteiger partial charge in [0, 0.05) is 6.08 Å². The molecular weight excluding hydrogens is 180 g/mol. The van der Waals surface area contributed by atoms with E-state index in [1.54, 1.807) is 0 Å². The van der Waals surface area contributed by atoms with Gasteiger partial charge in [0.1, 0.15) is 0 Å². The fourth-order valence-electron chi connectivity index (χ4n) is 0.0936. The minimum absolute atomic E-state index is 0.779. The first-order valence-corrected chi connectivity index (χ1v) is 3.51. The van der Waals surface area contributed by atoms with E-state index in [4.69, 9.17) is 0 Å². The summed E-state index contributed by atoms with van der Waals surface area (Å²) in [6.07, 6.45) is 0.779. The highest BCUT2D eigenvalue weighted by molar-refractivity contribution is 5.80. The molecule has 0 fully saturated rings. The van der Waals surface area contributed by atoms with E-state index in [2.05, 4.69) is 10.4 Å². The molecule has 0 rings (SSSR count). The van der Waals surface area contributed by atoms with Crippen molar-refractivity contribution < 1.29 is 31.8 Å². The van der Waals surface area contributed by atoms with Crippen molar-refractivity contribution in [3.8, 4) is 0 Å². The van der Waals surface area contributed by atoms with Crippen molar-refractivity contribution in [1.29, 1.82) is 0 Å². The van der Waals surface area contributed by atoms with E-state index >= 15 is 0 Å². The molecule has 0 aliphatic carbocycles. The summed E-state index contributed by atoms with van der Waals surface area (Å²) in [6.45, 7) is 2.98. The minimum atomic E-state index is -3.39. The van der Waals surface area contributed by atoms with Crippen LogP contribution in [0.4, 0.5) is 0 Å². The molecule has 0 unspecified atom stereocenters. The van der Waals surface area contributed by atoms with Crippen LogP contribution in [0.15, 0.2) is 12.7 Å². The van der Waals surface area contributed by atoms with Gasteiger partial charge in [0.15, 0.2) is 0 Å². The third kappa shape index (κ3) is 3.79. The normalized spacial score (nSPS) is 8.88. The van der Waals surface area contributed by atoms with Gasteiger partial charge in [-0.25, -0.2) is 4.79 Å². The van der Waals surface area contributed by atoms with E-state index in [-0.39, 0.29) is 0 Å². The van der Waals surface area contributed by atoms with E-state index < -0.39 is 20.8 Å². The fourth-order valence-corrected chi connectivity index (χ4v) is 0.486. The Hall–Kier alpha value is -0.390. The molecule has 0 heterocycles. The number of halogens is 1. The molecule has 46 valence electrons. The average molecular weight is 183 g/mol.